The molecule has 4 heteroatoms. The van der Waals surface area contributed by atoms with Crippen LogP contribution in [0.2, 0.25) is 0 Å². The van der Waals surface area contributed by atoms with Crippen molar-refractivity contribution >= 4 is 0 Å². The van der Waals surface area contributed by atoms with E-state index in [-0.39, 0.29) is 5.75 Å². The van der Waals surface area contributed by atoms with Gasteiger partial charge in [-0.1, -0.05) is 69.8 Å². The summed E-state index contributed by atoms with van der Waals surface area (Å²) in [5.74, 6) is 9.23. The first-order valence-electron chi connectivity index (χ1n) is 11.9. The molecule has 0 N–H and O–H groups in total. The van der Waals surface area contributed by atoms with E-state index in [1.807, 2.05) is 6.08 Å². The molecule has 0 saturated heterocycles. The summed E-state index contributed by atoms with van der Waals surface area (Å²) in [5, 5.41) is 0. The van der Waals surface area contributed by atoms with Crippen LogP contribution < -0.4 is 4.74 Å². The van der Waals surface area contributed by atoms with Crippen molar-refractivity contribution in [3.05, 3.63) is 42.0 Å². The smallest absolute Gasteiger partial charge is 0.406 e. The summed E-state index contributed by atoms with van der Waals surface area (Å²) in [5.41, 5.74) is 0.677. The van der Waals surface area contributed by atoms with Gasteiger partial charge in [-0.25, -0.2) is 0 Å². The molecule has 0 aromatic heterocycles. The summed E-state index contributed by atoms with van der Waals surface area (Å²) in [6.45, 7) is 2.33. The van der Waals surface area contributed by atoms with E-state index in [9.17, 15) is 13.2 Å². The van der Waals surface area contributed by atoms with E-state index in [4.69, 9.17) is 0 Å². The molecule has 0 bridgehead atoms. The number of rotatable bonds is 6. The normalized spacial score (nSPS) is 27.0. The van der Waals surface area contributed by atoms with Crippen LogP contribution in [-0.4, -0.2) is 6.36 Å². The molecule has 2 aliphatic carbocycles. The summed E-state index contributed by atoms with van der Waals surface area (Å²) in [4.78, 5) is 0. The van der Waals surface area contributed by atoms with Crippen LogP contribution in [-0.2, 0) is 0 Å². The van der Waals surface area contributed by atoms with E-state index < -0.39 is 6.36 Å². The van der Waals surface area contributed by atoms with E-state index in [2.05, 4.69) is 29.6 Å². The molecule has 2 saturated carbocycles. The number of hydrogen-bond donors (Lipinski definition) is 0. The van der Waals surface area contributed by atoms with Crippen molar-refractivity contribution in [3.63, 3.8) is 0 Å². The van der Waals surface area contributed by atoms with Gasteiger partial charge in [0.05, 0.1) is 0 Å². The van der Waals surface area contributed by atoms with Crippen LogP contribution in [0.1, 0.15) is 83.1 Å². The van der Waals surface area contributed by atoms with E-state index >= 15 is 0 Å². The van der Waals surface area contributed by atoms with Crippen molar-refractivity contribution in [2.75, 3.05) is 0 Å². The number of alkyl halides is 3. The molecular formula is C27H35F3O. The Morgan fingerprint density at radius 1 is 0.871 bits per heavy atom. The molecule has 31 heavy (non-hydrogen) atoms. The third-order valence-corrected chi connectivity index (χ3v) is 7.17. The molecular weight excluding hydrogens is 397 g/mol. The summed E-state index contributed by atoms with van der Waals surface area (Å²) in [7, 11) is 0. The van der Waals surface area contributed by atoms with E-state index in [1.54, 1.807) is 12.1 Å². The molecule has 0 unspecified atom stereocenters. The molecule has 0 radical (unpaired) electrons. The van der Waals surface area contributed by atoms with Crippen molar-refractivity contribution in [2.24, 2.45) is 23.7 Å². The predicted molar refractivity (Wildman–Crippen MR) is 120 cm³/mol. The standard InChI is InChI=1S/C27H35F3O/c1-2-21-7-9-24(10-8-21)15-16-25-13-11-22(12-14-25)5-3-4-6-23-17-19-26(20-18-23)31-27(28,29)30/h3,5,17-22,24-25H,2,7-16H2,1H3/b5-3+. The van der Waals surface area contributed by atoms with Gasteiger partial charge < -0.3 is 4.74 Å². The zero-order valence-corrected chi connectivity index (χ0v) is 18.6. The van der Waals surface area contributed by atoms with Gasteiger partial charge in [0.15, 0.2) is 0 Å². The Labute approximate surface area is 185 Å². The second kappa shape index (κ2) is 11.7. The molecule has 3 rings (SSSR count). The van der Waals surface area contributed by atoms with Crippen LogP contribution in [0.25, 0.3) is 0 Å². The van der Waals surface area contributed by atoms with Gasteiger partial charge in [0.2, 0.25) is 0 Å². The van der Waals surface area contributed by atoms with E-state index in [1.165, 1.54) is 82.8 Å². The summed E-state index contributed by atoms with van der Waals surface area (Å²) in [6, 6.07) is 5.67. The van der Waals surface area contributed by atoms with Crippen LogP contribution in [0.5, 0.6) is 5.75 Å². The van der Waals surface area contributed by atoms with Gasteiger partial charge in [-0.05, 0) is 79.7 Å². The van der Waals surface area contributed by atoms with Gasteiger partial charge in [0.1, 0.15) is 5.75 Å². The van der Waals surface area contributed by atoms with Gasteiger partial charge >= 0.3 is 6.36 Å². The zero-order chi connectivity index (χ0) is 22.1. The second-order valence-corrected chi connectivity index (χ2v) is 9.35. The Morgan fingerprint density at radius 3 is 1.97 bits per heavy atom. The molecule has 0 heterocycles. The number of allylic oxidation sites excluding steroid dienone is 2. The molecule has 1 nitrogen and oxygen atoms in total. The second-order valence-electron chi connectivity index (χ2n) is 9.35. The fourth-order valence-electron chi connectivity index (χ4n) is 5.12. The van der Waals surface area contributed by atoms with Crippen molar-refractivity contribution in [2.45, 2.75) is 83.9 Å². The lowest BCUT2D eigenvalue weighted by Gasteiger charge is -2.31. The number of halogens is 3. The molecule has 2 aliphatic rings. The van der Waals surface area contributed by atoms with Crippen LogP contribution in [0, 0.1) is 35.5 Å². The highest BCUT2D eigenvalue weighted by Gasteiger charge is 2.31. The monoisotopic (exact) mass is 432 g/mol. The van der Waals surface area contributed by atoms with Crippen molar-refractivity contribution < 1.29 is 17.9 Å². The van der Waals surface area contributed by atoms with Crippen molar-refractivity contribution in [3.8, 4) is 17.6 Å². The van der Waals surface area contributed by atoms with Gasteiger partial charge in [0.25, 0.3) is 0 Å². The number of hydrogen-bond acceptors (Lipinski definition) is 1. The molecule has 0 aliphatic heterocycles. The number of benzene rings is 1. The Kier molecular flexibility index (Phi) is 8.93. The SMILES string of the molecule is CCC1CCC(CCC2CCC(/C=C/C#Cc3ccc(OC(F)(F)F)cc3)CC2)CC1. The lowest BCUT2D eigenvalue weighted by Crippen LogP contribution is -2.17. The largest absolute Gasteiger partial charge is 0.573 e. The van der Waals surface area contributed by atoms with Gasteiger partial charge in [-0.15, -0.1) is 13.2 Å². The lowest BCUT2D eigenvalue weighted by atomic mass is 9.75. The highest BCUT2D eigenvalue weighted by atomic mass is 19.4. The Hall–Kier alpha value is -1.89. The molecule has 170 valence electrons. The van der Waals surface area contributed by atoms with Gasteiger partial charge in [0, 0.05) is 5.56 Å². The van der Waals surface area contributed by atoms with Crippen molar-refractivity contribution in [1.29, 1.82) is 0 Å². The molecule has 2 fully saturated rings. The minimum Gasteiger partial charge on any atom is -0.406 e. The summed E-state index contributed by atoms with van der Waals surface area (Å²) >= 11 is 0. The minimum absolute atomic E-state index is 0.223. The predicted octanol–water partition coefficient (Wildman–Crippen LogP) is 8.30. The van der Waals surface area contributed by atoms with Crippen LogP contribution in [0.4, 0.5) is 13.2 Å². The average Bonchev–Trinajstić information content (AvgIpc) is 2.76. The van der Waals surface area contributed by atoms with Gasteiger partial charge in [-0.2, -0.15) is 0 Å². The highest BCUT2D eigenvalue weighted by molar-refractivity contribution is 5.40. The van der Waals surface area contributed by atoms with Gasteiger partial charge in [-0.3, -0.25) is 0 Å². The fourth-order valence-corrected chi connectivity index (χ4v) is 5.12. The average molecular weight is 433 g/mol. The third kappa shape index (κ3) is 8.63. The maximum absolute atomic E-state index is 12.2. The first-order chi connectivity index (χ1) is 14.9. The quantitative estimate of drug-likeness (QED) is 0.411. The van der Waals surface area contributed by atoms with Crippen molar-refractivity contribution in [1.82, 2.24) is 0 Å². The maximum Gasteiger partial charge on any atom is 0.573 e. The first kappa shape index (κ1) is 23.8. The Bertz CT molecular complexity index is 737. The van der Waals surface area contributed by atoms with Crippen LogP contribution in [0.3, 0.4) is 0 Å². The minimum atomic E-state index is -4.66. The molecule has 1 aromatic carbocycles. The number of ether oxygens (including phenoxy) is 1. The first-order valence-corrected chi connectivity index (χ1v) is 11.9. The fraction of sp³-hybridized carbons (Fsp3) is 0.630. The maximum atomic E-state index is 12.2. The molecule has 1 aromatic rings. The van der Waals surface area contributed by atoms with Crippen LogP contribution >= 0.6 is 0 Å². The van der Waals surface area contributed by atoms with E-state index in [0.717, 1.165) is 17.8 Å². The topological polar surface area (TPSA) is 9.23 Å². The van der Waals surface area contributed by atoms with Crippen LogP contribution in [0.15, 0.2) is 36.4 Å². The summed E-state index contributed by atoms with van der Waals surface area (Å²) in [6.07, 6.45) is 14.6. The highest BCUT2D eigenvalue weighted by Crippen LogP contribution is 2.37. The lowest BCUT2D eigenvalue weighted by molar-refractivity contribution is -0.274. The third-order valence-electron chi connectivity index (χ3n) is 7.17. The molecule has 0 spiro atoms. The molecule has 0 amide bonds. The summed E-state index contributed by atoms with van der Waals surface area (Å²) < 4.78 is 40.4. The molecule has 0 atom stereocenters. The zero-order valence-electron chi connectivity index (χ0n) is 18.6. The van der Waals surface area contributed by atoms with E-state index in [0.29, 0.717) is 11.5 Å². The Morgan fingerprint density at radius 2 is 1.42 bits per heavy atom. The Balaban J connectivity index is 1.34.